The smallest absolute Gasteiger partial charge is 0.325 e. The topological polar surface area (TPSA) is 49.4 Å². The van der Waals surface area contributed by atoms with Crippen LogP contribution in [0.3, 0.4) is 0 Å². The van der Waals surface area contributed by atoms with E-state index in [-0.39, 0.29) is 18.0 Å². The first-order valence-corrected chi connectivity index (χ1v) is 6.23. The molecule has 2 rings (SSSR count). The van der Waals surface area contributed by atoms with Crippen molar-refractivity contribution in [2.75, 3.05) is 0 Å². The number of carbonyl (C=O) groups is 2. The van der Waals surface area contributed by atoms with Crippen molar-refractivity contribution in [3.05, 3.63) is 35.9 Å². The summed E-state index contributed by atoms with van der Waals surface area (Å²) in [5.41, 5.74) is 0.964. The highest BCUT2D eigenvalue weighted by Crippen LogP contribution is 2.16. The van der Waals surface area contributed by atoms with Crippen LogP contribution in [-0.2, 0) is 11.3 Å². The summed E-state index contributed by atoms with van der Waals surface area (Å²) in [5.74, 6) is 0.272. The standard InChI is InChI=1S/C14H18N2O2/c1-10(2)8-12-13(17)16(14(18)15-12)9-11-6-4-3-5-7-11/h3-7,10,12H,8-9H2,1-2H3,(H,15,18). The molecule has 1 aliphatic heterocycles. The summed E-state index contributed by atoms with van der Waals surface area (Å²) in [7, 11) is 0. The van der Waals surface area contributed by atoms with Crippen molar-refractivity contribution >= 4 is 11.9 Å². The summed E-state index contributed by atoms with van der Waals surface area (Å²) in [6.45, 7) is 4.43. The number of carbonyl (C=O) groups excluding carboxylic acids is 2. The fourth-order valence-electron chi connectivity index (χ4n) is 2.12. The van der Waals surface area contributed by atoms with Crippen molar-refractivity contribution in [2.24, 2.45) is 5.92 Å². The third-order valence-electron chi connectivity index (χ3n) is 3.00. The third-order valence-corrected chi connectivity index (χ3v) is 3.00. The first-order chi connectivity index (χ1) is 8.58. The molecule has 0 radical (unpaired) electrons. The van der Waals surface area contributed by atoms with Crippen LogP contribution in [0.15, 0.2) is 30.3 Å². The van der Waals surface area contributed by atoms with Gasteiger partial charge in [-0.2, -0.15) is 0 Å². The van der Waals surface area contributed by atoms with Crippen molar-refractivity contribution in [1.82, 2.24) is 10.2 Å². The van der Waals surface area contributed by atoms with E-state index in [1.54, 1.807) is 0 Å². The number of hydrogen-bond acceptors (Lipinski definition) is 2. The van der Waals surface area contributed by atoms with Crippen molar-refractivity contribution in [3.63, 3.8) is 0 Å². The van der Waals surface area contributed by atoms with E-state index in [1.165, 1.54) is 4.90 Å². The summed E-state index contributed by atoms with van der Waals surface area (Å²) < 4.78 is 0. The molecule has 18 heavy (non-hydrogen) atoms. The van der Waals surface area contributed by atoms with E-state index in [1.807, 2.05) is 44.2 Å². The summed E-state index contributed by atoms with van der Waals surface area (Å²) >= 11 is 0. The molecule has 3 amide bonds. The number of rotatable bonds is 4. The quantitative estimate of drug-likeness (QED) is 0.828. The Kier molecular flexibility index (Phi) is 3.65. The van der Waals surface area contributed by atoms with Gasteiger partial charge in [0.15, 0.2) is 0 Å². The van der Waals surface area contributed by atoms with Gasteiger partial charge in [-0.15, -0.1) is 0 Å². The fourth-order valence-corrected chi connectivity index (χ4v) is 2.12. The Bertz CT molecular complexity index is 442. The molecule has 0 spiro atoms. The van der Waals surface area contributed by atoms with Crippen LogP contribution in [0.25, 0.3) is 0 Å². The maximum Gasteiger partial charge on any atom is 0.325 e. The first kappa shape index (κ1) is 12.6. The maximum atomic E-state index is 12.1. The van der Waals surface area contributed by atoms with Gasteiger partial charge in [0, 0.05) is 0 Å². The lowest BCUT2D eigenvalue weighted by Gasteiger charge is -2.13. The molecule has 0 bridgehead atoms. The van der Waals surface area contributed by atoms with E-state index in [9.17, 15) is 9.59 Å². The molecular formula is C14H18N2O2. The second-order valence-electron chi connectivity index (χ2n) is 5.04. The molecule has 96 valence electrons. The minimum absolute atomic E-state index is 0.113. The normalized spacial score (nSPS) is 19.5. The average Bonchev–Trinajstić information content (AvgIpc) is 2.58. The van der Waals surface area contributed by atoms with Crippen LogP contribution in [0, 0.1) is 5.92 Å². The van der Waals surface area contributed by atoms with Crippen LogP contribution >= 0.6 is 0 Å². The SMILES string of the molecule is CC(C)CC1NC(=O)N(Cc2ccccc2)C1=O. The van der Waals surface area contributed by atoms with Gasteiger partial charge < -0.3 is 5.32 Å². The number of amides is 3. The predicted octanol–water partition coefficient (Wildman–Crippen LogP) is 2.15. The summed E-state index contributed by atoms with van der Waals surface area (Å²) in [4.78, 5) is 25.2. The molecule has 1 atom stereocenters. The lowest BCUT2D eigenvalue weighted by Crippen LogP contribution is -2.31. The van der Waals surface area contributed by atoms with Gasteiger partial charge in [0.1, 0.15) is 6.04 Å². The van der Waals surface area contributed by atoms with Gasteiger partial charge >= 0.3 is 6.03 Å². The second kappa shape index (κ2) is 5.21. The molecule has 1 fully saturated rings. The van der Waals surface area contributed by atoms with E-state index in [4.69, 9.17) is 0 Å². The van der Waals surface area contributed by atoms with Gasteiger partial charge in [0.25, 0.3) is 5.91 Å². The molecule has 1 aliphatic rings. The van der Waals surface area contributed by atoms with Gasteiger partial charge in [-0.25, -0.2) is 4.79 Å². The average molecular weight is 246 g/mol. The number of nitrogens with one attached hydrogen (secondary N) is 1. The Morgan fingerprint density at radius 2 is 1.89 bits per heavy atom. The van der Waals surface area contributed by atoms with Crippen LogP contribution in [0.4, 0.5) is 4.79 Å². The maximum absolute atomic E-state index is 12.1. The van der Waals surface area contributed by atoms with Crippen LogP contribution in [0.5, 0.6) is 0 Å². The highest BCUT2D eigenvalue weighted by Gasteiger charge is 2.37. The molecule has 1 aromatic carbocycles. The Balaban J connectivity index is 2.06. The molecule has 4 heteroatoms. The minimum Gasteiger partial charge on any atom is -0.326 e. The van der Waals surface area contributed by atoms with E-state index in [0.717, 1.165) is 5.56 Å². The molecule has 1 heterocycles. The van der Waals surface area contributed by atoms with Crippen LogP contribution in [0.2, 0.25) is 0 Å². The van der Waals surface area contributed by atoms with Gasteiger partial charge in [-0.1, -0.05) is 44.2 Å². The molecule has 4 nitrogen and oxygen atoms in total. The molecule has 0 saturated carbocycles. The van der Waals surface area contributed by atoms with Crippen molar-refractivity contribution in [1.29, 1.82) is 0 Å². The Labute approximate surface area is 107 Å². The Morgan fingerprint density at radius 1 is 1.22 bits per heavy atom. The summed E-state index contributed by atoms with van der Waals surface area (Å²) in [6.07, 6.45) is 0.690. The number of imide groups is 1. The first-order valence-electron chi connectivity index (χ1n) is 6.23. The third kappa shape index (κ3) is 2.70. The number of hydrogen-bond donors (Lipinski definition) is 1. The Hall–Kier alpha value is -1.84. The fraction of sp³-hybridized carbons (Fsp3) is 0.429. The Morgan fingerprint density at radius 3 is 2.50 bits per heavy atom. The van der Waals surface area contributed by atoms with E-state index in [0.29, 0.717) is 18.9 Å². The summed E-state index contributed by atoms with van der Waals surface area (Å²) in [5, 5.41) is 2.74. The van der Waals surface area contributed by atoms with E-state index >= 15 is 0 Å². The molecule has 1 aromatic rings. The zero-order valence-corrected chi connectivity index (χ0v) is 10.7. The van der Waals surface area contributed by atoms with Gasteiger partial charge in [-0.3, -0.25) is 9.69 Å². The number of benzene rings is 1. The van der Waals surface area contributed by atoms with Crippen LogP contribution in [0.1, 0.15) is 25.8 Å². The molecule has 0 aromatic heterocycles. The number of urea groups is 1. The highest BCUT2D eigenvalue weighted by atomic mass is 16.2. The molecule has 1 saturated heterocycles. The van der Waals surface area contributed by atoms with Crippen molar-refractivity contribution < 1.29 is 9.59 Å². The van der Waals surface area contributed by atoms with Crippen LogP contribution < -0.4 is 5.32 Å². The predicted molar refractivity (Wildman–Crippen MR) is 68.8 cm³/mol. The van der Waals surface area contributed by atoms with Gasteiger partial charge in [0.2, 0.25) is 0 Å². The molecule has 0 aliphatic carbocycles. The van der Waals surface area contributed by atoms with Gasteiger partial charge in [-0.05, 0) is 17.9 Å². The van der Waals surface area contributed by atoms with E-state index < -0.39 is 0 Å². The molecule has 1 unspecified atom stereocenters. The summed E-state index contributed by atoms with van der Waals surface area (Å²) in [6, 6.07) is 8.90. The number of nitrogens with zero attached hydrogens (tertiary/aromatic N) is 1. The zero-order valence-electron chi connectivity index (χ0n) is 10.7. The lowest BCUT2D eigenvalue weighted by molar-refractivity contribution is -0.128. The minimum atomic E-state index is -0.360. The van der Waals surface area contributed by atoms with E-state index in [2.05, 4.69) is 5.32 Å². The largest absolute Gasteiger partial charge is 0.326 e. The van der Waals surface area contributed by atoms with Crippen LogP contribution in [-0.4, -0.2) is 22.9 Å². The van der Waals surface area contributed by atoms with Crippen molar-refractivity contribution in [2.45, 2.75) is 32.9 Å². The molecular weight excluding hydrogens is 228 g/mol. The lowest BCUT2D eigenvalue weighted by atomic mass is 10.0. The van der Waals surface area contributed by atoms with Crippen molar-refractivity contribution in [3.8, 4) is 0 Å². The second-order valence-corrected chi connectivity index (χ2v) is 5.04. The highest BCUT2D eigenvalue weighted by molar-refractivity contribution is 6.04. The zero-order chi connectivity index (χ0) is 13.1. The molecule has 1 N–H and O–H groups in total. The van der Waals surface area contributed by atoms with Gasteiger partial charge in [0.05, 0.1) is 6.54 Å². The monoisotopic (exact) mass is 246 g/mol.